The highest BCUT2D eigenvalue weighted by atomic mass is 32.1. The molecule has 4 aromatic rings. The topological polar surface area (TPSA) is 232 Å². The lowest BCUT2D eigenvalue weighted by molar-refractivity contribution is -0.254. The summed E-state index contributed by atoms with van der Waals surface area (Å²) in [6.45, 7) is 10.1. The van der Waals surface area contributed by atoms with Gasteiger partial charge in [-0.1, -0.05) is 13.2 Å². The molecule has 0 amide bonds. The standard InChI is InChI=1S/C59H66F6O20S2/c1-7-49(66)80-25-27-84-55(70)43-31-40(32-44(34-43)56(71)85-28-26-81-50(67)8-2)48-36-46(38(4)87-48)52-51(57(60,61)59(64,65)58(52,62)63)45-35-47(86-37(45)3)39-29-41(53(68)82-23-21-78-19-17-76-15-13-74-11-9-72-5)33-42(30-39)54(69)83-24-22-79-20-18-77-16-14-75-12-10-73-6/h7-8,29-36H,1-2,9-28H2,3-6H3. The average Bonchev–Trinajstić information content (AvgIpc) is 1.53. The van der Waals surface area contributed by atoms with Crippen LogP contribution in [-0.2, 0) is 75.9 Å². The number of hydrogen-bond acceptors (Lipinski definition) is 22. The van der Waals surface area contributed by atoms with Gasteiger partial charge in [-0.2, -0.15) is 26.3 Å². The molecule has 1 aliphatic carbocycles. The lowest BCUT2D eigenvalue weighted by Gasteiger charge is -2.25. The zero-order chi connectivity index (χ0) is 63.6. The van der Waals surface area contributed by atoms with Gasteiger partial charge >= 0.3 is 53.6 Å². The Balaban J connectivity index is 1.48. The number of benzene rings is 2. The van der Waals surface area contributed by atoms with Gasteiger partial charge in [0.05, 0.1) is 115 Å². The monoisotopic (exact) mass is 1270 g/mol. The first kappa shape index (κ1) is 70.9. The van der Waals surface area contributed by atoms with Crippen LogP contribution in [-0.4, -0.2) is 200 Å². The molecule has 87 heavy (non-hydrogen) atoms. The SMILES string of the molecule is C=CC(=O)OCCOC(=O)c1cc(C(=O)OCCOC(=O)C=C)cc(-c2cc(C3=C(c4cc(-c5cc(C(=O)OCCOCCOCCOCCOC)cc(C(=O)OCCOCCOCCOCCOC)c5)sc4C)C(F)(F)C(F)(F)C3(F)F)c(C)s2)c1. The van der Waals surface area contributed by atoms with Crippen molar-refractivity contribution in [3.63, 3.8) is 0 Å². The first-order valence-electron chi connectivity index (χ1n) is 26.8. The Hall–Kier alpha value is -6.86. The van der Waals surface area contributed by atoms with Crippen LogP contribution in [0.25, 0.3) is 32.0 Å². The minimum Gasteiger partial charge on any atom is -0.460 e. The Kier molecular flexibility index (Phi) is 28.7. The van der Waals surface area contributed by atoms with Crippen LogP contribution in [0.1, 0.15) is 62.3 Å². The van der Waals surface area contributed by atoms with Crippen molar-refractivity contribution in [2.45, 2.75) is 31.6 Å². The molecule has 2 aromatic heterocycles. The maximum Gasteiger partial charge on any atom is 0.380 e. The smallest absolute Gasteiger partial charge is 0.380 e. The Morgan fingerprint density at radius 2 is 0.644 bits per heavy atom. The molecule has 0 aliphatic heterocycles. The van der Waals surface area contributed by atoms with Crippen LogP contribution in [0.5, 0.6) is 0 Å². The minimum absolute atomic E-state index is 0.0192. The van der Waals surface area contributed by atoms with Crippen LogP contribution >= 0.6 is 22.7 Å². The Bertz CT molecular complexity index is 2910. The van der Waals surface area contributed by atoms with Gasteiger partial charge in [-0.25, -0.2) is 28.8 Å². The van der Waals surface area contributed by atoms with Crippen molar-refractivity contribution >= 4 is 69.6 Å². The number of alkyl halides is 6. The van der Waals surface area contributed by atoms with Gasteiger partial charge in [0.1, 0.15) is 39.6 Å². The number of thiophene rings is 2. The molecule has 0 saturated heterocycles. The summed E-state index contributed by atoms with van der Waals surface area (Å²) in [6.07, 6.45) is 1.74. The first-order chi connectivity index (χ1) is 41.6. The number of hydrogen-bond donors (Lipinski definition) is 0. The van der Waals surface area contributed by atoms with Crippen molar-refractivity contribution in [2.24, 2.45) is 0 Å². The van der Waals surface area contributed by atoms with Crippen LogP contribution in [0.2, 0.25) is 0 Å². The quantitative estimate of drug-likeness (QED) is 0.0133. The molecule has 20 nitrogen and oxygen atoms in total. The van der Waals surface area contributed by atoms with Gasteiger partial charge in [-0.15, -0.1) is 22.7 Å². The van der Waals surface area contributed by atoms with Crippen molar-refractivity contribution in [1.29, 1.82) is 0 Å². The normalized spacial score (nSPS) is 13.9. The van der Waals surface area contributed by atoms with Crippen LogP contribution in [0.15, 0.2) is 73.8 Å². The van der Waals surface area contributed by atoms with E-state index >= 15 is 26.3 Å². The lowest BCUT2D eigenvalue weighted by atomic mass is 9.94. The number of carbonyl (C=O) groups excluding carboxylic acids is 6. The third-order valence-electron chi connectivity index (χ3n) is 12.1. The van der Waals surface area contributed by atoms with Gasteiger partial charge in [0.2, 0.25) is 0 Å². The summed E-state index contributed by atoms with van der Waals surface area (Å²) < 4.78 is 171. The molecule has 0 unspecified atom stereocenters. The number of ether oxygens (including phenoxy) is 14. The maximum absolute atomic E-state index is 16.5. The Labute approximate surface area is 505 Å². The fraction of sp³-hybridized carbons (Fsp3) is 0.458. The molecule has 28 heteroatoms. The second-order valence-electron chi connectivity index (χ2n) is 18.2. The second kappa shape index (κ2) is 35.2. The summed E-state index contributed by atoms with van der Waals surface area (Å²) in [4.78, 5) is 76.5. The van der Waals surface area contributed by atoms with Gasteiger partial charge in [0.25, 0.3) is 0 Å². The van der Waals surface area contributed by atoms with Gasteiger partial charge < -0.3 is 66.3 Å². The highest BCUT2D eigenvalue weighted by Crippen LogP contribution is 2.66. The molecular formula is C59H66F6O20S2. The third-order valence-corrected chi connectivity index (χ3v) is 14.3. The molecule has 0 bridgehead atoms. The van der Waals surface area contributed by atoms with Crippen LogP contribution in [0.4, 0.5) is 26.3 Å². The molecule has 5 rings (SSSR count). The van der Waals surface area contributed by atoms with E-state index in [0.29, 0.717) is 75.5 Å². The van der Waals surface area contributed by atoms with Gasteiger partial charge in [-0.3, -0.25) is 0 Å². The number of rotatable bonds is 40. The zero-order valence-electron chi connectivity index (χ0n) is 48.1. The molecule has 1 aliphatic rings. The highest BCUT2D eigenvalue weighted by molar-refractivity contribution is 7.16. The van der Waals surface area contributed by atoms with E-state index in [1.807, 2.05) is 0 Å². The van der Waals surface area contributed by atoms with Crippen molar-refractivity contribution < 1.29 is 121 Å². The van der Waals surface area contributed by atoms with E-state index in [-0.39, 0.29) is 106 Å². The van der Waals surface area contributed by atoms with Crippen LogP contribution in [0.3, 0.4) is 0 Å². The van der Waals surface area contributed by atoms with Crippen molar-refractivity contribution in [2.75, 3.05) is 146 Å². The van der Waals surface area contributed by atoms with Crippen LogP contribution < -0.4 is 0 Å². The van der Waals surface area contributed by atoms with E-state index in [4.69, 9.17) is 66.3 Å². The largest absolute Gasteiger partial charge is 0.460 e. The van der Waals surface area contributed by atoms with E-state index in [9.17, 15) is 28.8 Å². The Morgan fingerprint density at radius 3 is 0.920 bits per heavy atom. The number of aryl methyl sites for hydroxylation is 2. The average molecular weight is 1270 g/mol. The number of carbonyl (C=O) groups is 6. The van der Waals surface area contributed by atoms with Crippen LogP contribution in [0, 0.1) is 13.8 Å². The zero-order valence-corrected chi connectivity index (χ0v) is 49.7. The van der Waals surface area contributed by atoms with E-state index in [1.54, 1.807) is 14.2 Å². The van der Waals surface area contributed by atoms with Gasteiger partial charge in [0, 0.05) is 57.0 Å². The lowest BCUT2D eigenvalue weighted by Crippen LogP contribution is -2.48. The molecular weight excluding hydrogens is 1210 g/mol. The molecule has 2 heterocycles. The summed E-state index contributed by atoms with van der Waals surface area (Å²) in [5.41, 5.74) is -6.19. The first-order valence-corrected chi connectivity index (χ1v) is 28.4. The molecule has 2 aromatic carbocycles. The number of halogens is 6. The summed E-state index contributed by atoms with van der Waals surface area (Å²) in [5.74, 6) is -22.9. The van der Waals surface area contributed by atoms with E-state index < -0.39 is 102 Å². The molecule has 0 N–H and O–H groups in total. The summed E-state index contributed by atoms with van der Waals surface area (Å²) >= 11 is 1.38. The summed E-state index contributed by atoms with van der Waals surface area (Å²) in [6, 6.07) is 8.84. The number of esters is 6. The highest BCUT2D eigenvalue weighted by Gasteiger charge is 2.80. The van der Waals surface area contributed by atoms with Gasteiger partial charge in [0.15, 0.2) is 0 Å². The van der Waals surface area contributed by atoms with E-state index in [0.717, 1.165) is 48.6 Å². The summed E-state index contributed by atoms with van der Waals surface area (Å²) in [7, 11) is 3.10. The van der Waals surface area contributed by atoms with Crippen molar-refractivity contribution in [3.8, 4) is 20.9 Å². The molecule has 476 valence electrons. The fourth-order valence-corrected chi connectivity index (χ4v) is 9.97. The molecule has 0 saturated carbocycles. The number of allylic oxidation sites excluding steroid dienone is 2. The fourth-order valence-electron chi connectivity index (χ4n) is 7.95. The van der Waals surface area contributed by atoms with E-state index in [2.05, 4.69) is 13.2 Å². The predicted molar refractivity (Wildman–Crippen MR) is 303 cm³/mol. The molecule has 0 atom stereocenters. The van der Waals surface area contributed by atoms with Crippen molar-refractivity contribution in [1.82, 2.24) is 0 Å². The van der Waals surface area contributed by atoms with Crippen molar-refractivity contribution in [3.05, 3.63) is 117 Å². The van der Waals surface area contributed by atoms with E-state index in [1.165, 1.54) is 26.0 Å². The second-order valence-corrected chi connectivity index (χ2v) is 20.7. The molecule has 0 spiro atoms. The minimum atomic E-state index is -6.01. The Morgan fingerprint density at radius 1 is 0.391 bits per heavy atom. The maximum atomic E-state index is 16.5. The molecule has 0 radical (unpaired) electrons. The third kappa shape index (κ3) is 20.1. The predicted octanol–water partition coefficient (Wildman–Crippen LogP) is 9.07. The van der Waals surface area contributed by atoms with Gasteiger partial charge in [-0.05, 0) is 84.6 Å². The number of methoxy groups -OCH3 is 2. The molecule has 0 fully saturated rings. The summed E-state index contributed by atoms with van der Waals surface area (Å²) in [5, 5.41) is 0.